The normalized spacial score (nSPS) is 14.6. The van der Waals surface area contributed by atoms with Crippen LogP contribution in [-0.2, 0) is 10.3 Å². The van der Waals surface area contributed by atoms with Gasteiger partial charge in [0.15, 0.2) is 11.9 Å². The van der Waals surface area contributed by atoms with Crippen LogP contribution in [0.4, 0.5) is 10.5 Å². The summed E-state index contributed by atoms with van der Waals surface area (Å²) in [7, 11) is 0. The van der Waals surface area contributed by atoms with Crippen LogP contribution in [0.5, 0.6) is 0 Å². The van der Waals surface area contributed by atoms with E-state index in [9.17, 15) is 9.59 Å². The van der Waals surface area contributed by atoms with Gasteiger partial charge >= 0.3 is 6.09 Å². The largest absolute Gasteiger partial charge is 0.428 e. The lowest BCUT2D eigenvalue weighted by atomic mass is 9.78. The Morgan fingerprint density at radius 1 is 0.750 bits per heavy atom. The predicted octanol–water partition coefficient (Wildman–Crippen LogP) is 6.72. The maximum atomic E-state index is 13.0. The molecule has 0 aliphatic carbocycles. The van der Waals surface area contributed by atoms with Crippen LogP contribution >= 0.6 is 11.3 Å². The SMILES string of the molecule is O=Cc1cccc2c1sc1c3c(ccc12)C(c1ccccc1)(c1ccccc1)OC(=O)N3. The lowest BCUT2D eigenvalue weighted by Crippen LogP contribution is -2.41. The monoisotopic (exact) mass is 435 g/mol. The van der Waals surface area contributed by atoms with Gasteiger partial charge in [0, 0.05) is 37.7 Å². The molecule has 1 amide bonds. The zero-order chi connectivity index (χ0) is 21.7. The molecule has 1 aliphatic rings. The summed E-state index contributed by atoms with van der Waals surface area (Å²) in [6.07, 6.45) is 0.371. The summed E-state index contributed by atoms with van der Waals surface area (Å²) in [5.74, 6) is 0. The van der Waals surface area contributed by atoms with Crippen molar-refractivity contribution in [1.82, 2.24) is 0 Å². The second kappa shape index (κ2) is 7.04. The van der Waals surface area contributed by atoms with Gasteiger partial charge in [-0.1, -0.05) is 91.0 Å². The van der Waals surface area contributed by atoms with E-state index in [-0.39, 0.29) is 0 Å². The molecule has 154 valence electrons. The van der Waals surface area contributed by atoms with E-state index in [0.717, 1.165) is 48.8 Å². The quantitative estimate of drug-likeness (QED) is 0.320. The third kappa shape index (κ3) is 2.55. The Morgan fingerprint density at radius 3 is 2.06 bits per heavy atom. The number of thiophene rings is 1. The minimum Gasteiger partial charge on any atom is -0.428 e. The first-order valence-electron chi connectivity index (χ1n) is 10.3. The summed E-state index contributed by atoms with van der Waals surface area (Å²) in [6, 6.07) is 29.4. The highest BCUT2D eigenvalue weighted by Crippen LogP contribution is 2.51. The van der Waals surface area contributed by atoms with Crippen molar-refractivity contribution in [2.24, 2.45) is 0 Å². The molecular formula is C27H17NO3S. The highest BCUT2D eigenvalue weighted by atomic mass is 32.1. The Hall–Kier alpha value is -3.96. The first kappa shape index (κ1) is 18.8. The molecule has 4 aromatic carbocycles. The molecule has 0 fully saturated rings. The summed E-state index contributed by atoms with van der Waals surface area (Å²) < 4.78 is 7.98. The highest BCUT2D eigenvalue weighted by molar-refractivity contribution is 7.26. The number of benzene rings is 4. The number of carbonyl (C=O) groups is 2. The molecule has 0 atom stereocenters. The van der Waals surface area contributed by atoms with E-state index < -0.39 is 11.7 Å². The molecule has 1 N–H and O–H groups in total. The van der Waals surface area contributed by atoms with E-state index in [1.807, 2.05) is 84.9 Å². The van der Waals surface area contributed by atoms with E-state index in [0.29, 0.717) is 5.56 Å². The van der Waals surface area contributed by atoms with Crippen molar-refractivity contribution in [3.05, 3.63) is 113 Å². The van der Waals surface area contributed by atoms with Crippen LogP contribution in [0.15, 0.2) is 91.0 Å². The fourth-order valence-corrected chi connectivity index (χ4v) is 5.93. The van der Waals surface area contributed by atoms with E-state index in [4.69, 9.17) is 4.74 Å². The van der Waals surface area contributed by atoms with Crippen molar-refractivity contribution in [3.63, 3.8) is 0 Å². The summed E-state index contributed by atoms with van der Waals surface area (Å²) >= 11 is 1.52. The number of rotatable bonds is 3. The van der Waals surface area contributed by atoms with Crippen LogP contribution in [0.2, 0.25) is 0 Å². The van der Waals surface area contributed by atoms with Crippen LogP contribution in [0.3, 0.4) is 0 Å². The van der Waals surface area contributed by atoms with Crippen LogP contribution in [0.1, 0.15) is 27.0 Å². The number of anilines is 1. The Morgan fingerprint density at radius 2 is 1.41 bits per heavy atom. The van der Waals surface area contributed by atoms with Gasteiger partial charge in [-0.2, -0.15) is 0 Å². The minimum absolute atomic E-state index is 0.509. The van der Waals surface area contributed by atoms with Crippen LogP contribution in [-0.4, -0.2) is 12.4 Å². The van der Waals surface area contributed by atoms with Crippen molar-refractivity contribution < 1.29 is 14.3 Å². The number of ether oxygens (including phenoxy) is 1. The van der Waals surface area contributed by atoms with E-state index >= 15 is 0 Å². The third-order valence-electron chi connectivity index (χ3n) is 6.04. The van der Waals surface area contributed by atoms with Gasteiger partial charge in [-0.15, -0.1) is 11.3 Å². The van der Waals surface area contributed by atoms with E-state index in [1.54, 1.807) is 0 Å². The number of aldehydes is 1. The Balaban J connectivity index is 1.74. The van der Waals surface area contributed by atoms with Gasteiger partial charge in [0.25, 0.3) is 0 Å². The lowest BCUT2D eigenvalue weighted by Gasteiger charge is -2.39. The summed E-state index contributed by atoms with van der Waals surface area (Å²) in [5.41, 5.74) is 2.89. The second-order valence-corrected chi connectivity index (χ2v) is 8.76. The Labute approximate surface area is 188 Å². The Kier molecular flexibility index (Phi) is 4.13. The molecule has 6 rings (SSSR count). The molecule has 0 saturated heterocycles. The van der Waals surface area contributed by atoms with Gasteiger partial charge in [0.1, 0.15) is 0 Å². The fraction of sp³-hybridized carbons (Fsp3) is 0.0370. The predicted molar refractivity (Wildman–Crippen MR) is 128 cm³/mol. The highest BCUT2D eigenvalue weighted by Gasteiger charge is 2.46. The van der Waals surface area contributed by atoms with Gasteiger partial charge < -0.3 is 4.74 Å². The maximum absolute atomic E-state index is 13.0. The minimum atomic E-state index is -1.09. The van der Waals surface area contributed by atoms with Gasteiger partial charge in [-0.25, -0.2) is 4.79 Å². The van der Waals surface area contributed by atoms with Crippen molar-refractivity contribution in [2.45, 2.75) is 5.60 Å². The van der Waals surface area contributed by atoms with Crippen LogP contribution in [0, 0.1) is 0 Å². The van der Waals surface area contributed by atoms with Crippen molar-refractivity contribution >= 4 is 49.6 Å². The van der Waals surface area contributed by atoms with Crippen molar-refractivity contribution in [1.29, 1.82) is 0 Å². The Bertz CT molecular complexity index is 1470. The van der Waals surface area contributed by atoms with Gasteiger partial charge in [-0.3, -0.25) is 10.1 Å². The third-order valence-corrected chi connectivity index (χ3v) is 7.33. The first-order chi connectivity index (χ1) is 15.7. The summed E-state index contributed by atoms with van der Waals surface area (Å²) in [6.45, 7) is 0. The number of cyclic esters (lactones) is 1. The van der Waals surface area contributed by atoms with Gasteiger partial charge in [-0.05, 0) is 0 Å². The molecule has 0 saturated carbocycles. The zero-order valence-corrected chi connectivity index (χ0v) is 17.7. The first-order valence-corrected chi connectivity index (χ1v) is 11.1. The molecule has 5 aromatic rings. The molecular weight excluding hydrogens is 418 g/mol. The molecule has 0 unspecified atom stereocenters. The number of amides is 1. The number of hydrogen-bond donors (Lipinski definition) is 1. The molecule has 0 bridgehead atoms. The van der Waals surface area contributed by atoms with Crippen molar-refractivity contribution in [3.8, 4) is 0 Å². The topological polar surface area (TPSA) is 55.4 Å². The molecule has 0 radical (unpaired) electrons. The fourth-order valence-electron chi connectivity index (χ4n) is 4.66. The average molecular weight is 436 g/mol. The van der Waals surface area contributed by atoms with Crippen LogP contribution in [0.25, 0.3) is 20.2 Å². The molecule has 1 aromatic heterocycles. The summed E-state index contributed by atoms with van der Waals surface area (Å²) in [5, 5.41) is 4.96. The van der Waals surface area contributed by atoms with E-state index in [2.05, 4.69) is 11.4 Å². The molecule has 1 aliphatic heterocycles. The molecule has 5 heteroatoms. The molecule has 0 spiro atoms. The maximum Gasteiger partial charge on any atom is 0.413 e. The standard InChI is InChI=1S/C27H17NO3S/c29-16-17-8-7-13-20-21-14-15-22-23(25(21)32-24(17)20)28-26(30)31-27(22,18-9-3-1-4-10-18)19-11-5-2-6-12-19/h1-16H,(H,28,30). The zero-order valence-electron chi connectivity index (χ0n) is 16.9. The van der Waals surface area contributed by atoms with Gasteiger partial charge in [0.05, 0.1) is 10.4 Å². The van der Waals surface area contributed by atoms with E-state index in [1.165, 1.54) is 11.3 Å². The molecule has 2 heterocycles. The smallest absolute Gasteiger partial charge is 0.413 e. The van der Waals surface area contributed by atoms with Crippen LogP contribution < -0.4 is 5.32 Å². The lowest BCUT2D eigenvalue weighted by molar-refractivity contribution is 0.0741. The average Bonchev–Trinajstić information content (AvgIpc) is 3.24. The number of hydrogen-bond acceptors (Lipinski definition) is 4. The second-order valence-electron chi connectivity index (χ2n) is 7.74. The number of fused-ring (bicyclic) bond motifs is 5. The van der Waals surface area contributed by atoms with Crippen molar-refractivity contribution in [2.75, 3.05) is 5.32 Å². The number of carbonyl (C=O) groups excluding carboxylic acids is 2. The number of nitrogens with one attached hydrogen (secondary N) is 1. The summed E-state index contributed by atoms with van der Waals surface area (Å²) in [4.78, 5) is 24.6. The van der Waals surface area contributed by atoms with Gasteiger partial charge in [0.2, 0.25) is 0 Å². The molecule has 32 heavy (non-hydrogen) atoms. The molecule has 4 nitrogen and oxygen atoms in total.